The molecule has 8 heteroatoms. The van der Waals surface area contributed by atoms with E-state index in [0.717, 1.165) is 30.4 Å². The zero-order valence-electron chi connectivity index (χ0n) is 19.3. The quantitative estimate of drug-likeness (QED) is 0.301. The molecule has 0 aliphatic heterocycles. The monoisotopic (exact) mass is 483 g/mol. The number of thioether (sulfide) groups is 1. The smallest absolute Gasteiger partial charge is 0.230 e. The molecule has 0 unspecified atom stereocenters. The Morgan fingerprint density at radius 2 is 1.97 bits per heavy atom. The van der Waals surface area contributed by atoms with Crippen LogP contribution < -0.4 is 10.2 Å². The van der Waals surface area contributed by atoms with Gasteiger partial charge in [-0.1, -0.05) is 55.3 Å². The number of nitrogens with zero attached hydrogens (tertiary/aromatic N) is 4. The third-order valence-corrected chi connectivity index (χ3v) is 7.93. The molecule has 176 valence electrons. The molecule has 1 aliphatic carbocycles. The Balaban J connectivity index is 1.28. The molecular weight excluding hydrogens is 450 g/mol. The third-order valence-electron chi connectivity index (χ3n) is 6.11. The molecule has 4 rings (SSSR count). The first-order valence-electron chi connectivity index (χ1n) is 11.8. The molecule has 1 N–H and O–H groups in total. The molecule has 6 nitrogen and oxygen atoms in total. The fraction of sp³-hybridized carbons (Fsp3) is 0.480. The van der Waals surface area contributed by atoms with Gasteiger partial charge in [0, 0.05) is 43.2 Å². The van der Waals surface area contributed by atoms with Crippen LogP contribution in [0.3, 0.4) is 0 Å². The number of thiophene rings is 1. The summed E-state index contributed by atoms with van der Waals surface area (Å²) in [6.07, 6.45) is 7.87. The first kappa shape index (κ1) is 23.8. The van der Waals surface area contributed by atoms with Crippen LogP contribution in [0.25, 0.3) is 0 Å². The summed E-state index contributed by atoms with van der Waals surface area (Å²) < 4.78 is 2.33. The van der Waals surface area contributed by atoms with Crippen molar-refractivity contribution in [2.75, 3.05) is 30.8 Å². The lowest BCUT2D eigenvalue weighted by Gasteiger charge is -2.25. The van der Waals surface area contributed by atoms with Crippen LogP contribution in [0.15, 0.2) is 53.0 Å². The number of hydrogen-bond acceptors (Lipinski definition) is 6. The maximum Gasteiger partial charge on any atom is 0.230 e. The standard InChI is InChI=1S/C25H33N5OS2/c1-29(20-10-4-2-5-11-20)16-9-15-26-24(31)19-33-25-28-27-23(18-22-14-8-17-32-22)30(25)21-12-6-3-7-13-21/h2,4-5,8,10-11,14,17,21H,3,6-7,9,12-13,15-16,18-19H2,1H3,(H,26,31). The Morgan fingerprint density at radius 3 is 2.73 bits per heavy atom. The number of rotatable bonds is 11. The van der Waals surface area contributed by atoms with Crippen molar-refractivity contribution in [1.29, 1.82) is 0 Å². The molecule has 0 spiro atoms. The highest BCUT2D eigenvalue weighted by Crippen LogP contribution is 2.33. The lowest BCUT2D eigenvalue weighted by molar-refractivity contribution is -0.118. The predicted octanol–water partition coefficient (Wildman–Crippen LogP) is 5.17. The van der Waals surface area contributed by atoms with Crippen LogP contribution in [0, 0.1) is 0 Å². The van der Waals surface area contributed by atoms with E-state index >= 15 is 0 Å². The minimum absolute atomic E-state index is 0.0559. The molecule has 1 aliphatic rings. The third kappa shape index (κ3) is 6.84. The van der Waals surface area contributed by atoms with Crippen molar-refractivity contribution in [2.45, 2.75) is 56.1 Å². The molecule has 1 fully saturated rings. The summed E-state index contributed by atoms with van der Waals surface area (Å²) in [6.45, 7) is 1.58. The molecule has 0 bridgehead atoms. The Bertz CT molecular complexity index is 984. The average Bonchev–Trinajstić information content (AvgIpc) is 3.51. The van der Waals surface area contributed by atoms with Crippen LogP contribution in [-0.4, -0.2) is 46.6 Å². The van der Waals surface area contributed by atoms with Gasteiger partial charge in [0.2, 0.25) is 5.91 Å². The molecule has 3 aromatic rings. The van der Waals surface area contributed by atoms with Gasteiger partial charge in [0.1, 0.15) is 5.82 Å². The van der Waals surface area contributed by atoms with Crippen molar-refractivity contribution in [3.8, 4) is 0 Å². The van der Waals surface area contributed by atoms with Crippen LogP contribution in [0.1, 0.15) is 55.3 Å². The van der Waals surface area contributed by atoms with E-state index in [1.54, 1.807) is 11.3 Å². The Morgan fingerprint density at radius 1 is 1.15 bits per heavy atom. The molecule has 1 saturated carbocycles. The highest BCUT2D eigenvalue weighted by Gasteiger charge is 2.23. The topological polar surface area (TPSA) is 63.1 Å². The maximum atomic E-state index is 12.5. The summed E-state index contributed by atoms with van der Waals surface area (Å²) in [5.74, 6) is 1.45. The van der Waals surface area contributed by atoms with E-state index in [4.69, 9.17) is 0 Å². The highest BCUT2D eigenvalue weighted by atomic mass is 32.2. The molecule has 2 aromatic heterocycles. The number of anilines is 1. The van der Waals surface area contributed by atoms with Crippen molar-refractivity contribution in [1.82, 2.24) is 20.1 Å². The van der Waals surface area contributed by atoms with E-state index in [9.17, 15) is 4.79 Å². The van der Waals surface area contributed by atoms with Crippen LogP contribution in [-0.2, 0) is 11.2 Å². The van der Waals surface area contributed by atoms with Gasteiger partial charge < -0.3 is 14.8 Å². The van der Waals surface area contributed by atoms with Crippen molar-refractivity contribution < 1.29 is 4.79 Å². The summed E-state index contributed by atoms with van der Waals surface area (Å²) in [7, 11) is 2.08. The lowest BCUT2D eigenvalue weighted by atomic mass is 9.95. The summed E-state index contributed by atoms with van der Waals surface area (Å²) in [5, 5.41) is 15.1. The number of amides is 1. The van der Waals surface area contributed by atoms with E-state index in [1.165, 1.54) is 54.4 Å². The summed E-state index contributed by atoms with van der Waals surface area (Å²) in [4.78, 5) is 16.0. The number of para-hydroxylation sites is 1. The number of hydrogen-bond donors (Lipinski definition) is 1. The fourth-order valence-electron chi connectivity index (χ4n) is 4.34. The SMILES string of the molecule is CN(CCCNC(=O)CSc1nnc(Cc2cccs2)n1C1CCCCC1)c1ccccc1. The van der Waals surface area contributed by atoms with Gasteiger partial charge in [-0.3, -0.25) is 4.79 Å². The largest absolute Gasteiger partial charge is 0.375 e. The maximum absolute atomic E-state index is 12.5. The lowest BCUT2D eigenvalue weighted by Crippen LogP contribution is -2.29. The molecule has 2 heterocycles. The Labute approximate surface area is 204 Å². The highest BCUT2D eigenvalue weighted by molar-refractivity contribution is 7.99. The van der Waals surface area contributed by atoms with Gasteiger partial charge in [-0.05, 0) is 42.8 Å². The zero-order valence-corrected chi connectivity index (χ0v) is 20.9. The second-order valence-electron chi connectivity index (χ2n) is 8.57. The second kappa shape index (κ2) is 12.2. The van der Waals surface area contributed by atoms with E-state index in [0.29, 0.717) is 18.3 Å². The number of aromatic nitrogens is 3. The van der Waals surface area contributed by atoms with Crippen molar-refractivity contribution in [2.24, 2.45) is 0 Å². The van der Waals surface area contributed by atoms with Gasteiger partial charge in [-0.2, -0.15) is 0 Å². The first-order chi connectivity index (χ1) is 16.2. The summed E-state index contributed by atoms with van der Waals surface area (Å²) in [5.41, 5.74) is 1.19. The first-order valence-corrected chi connectivity index (χ1v) is 13.7. The number of carbonyl (C=O) groups excluding carboxylic acids is 1. The van der Waals surface area contributed by atoms with E-state index in [1.807, 2.05) is 18.2 Å². The average molecular weight is 484 g/mol. The molecular formula is C25H33N5OS2. The van der Waals surface area contributed by atoms with Crippen LogP contribution in [0.2, 0.25) is 0 Å². The zero-order chi connectivity index (χ0) is 22.9. The summed E-state index contributed by atoms with van der Waals surface area (Å²) >= 11 is 3.27. The normalized spacial score (nSPS) is 14.3. The Hall–Kier alpha value is -2.32. The minimum atomic E-state index is 0.0559. The molecule has 0 radical (unpaired) electrons. The molecule has 33 heavy (non-hydrogen) atoms. The molecule has 1 aromatic carbocycles. The number of nitrogens with one attached hydrogen (secondary N) is 1. The van der Waals surface area contributed by atoms with Crippen LogP contribution in [0.4, 0.5) is 5.69 Å². The van der Waals surface area contributed by atoms with Crippen LogP contribution in [0.5, 0.6) is 0 Å². The van der Waals surface area contributed by atoms with Gasteiger partial charge in [0.05, 0.1) is 5.75 Å². The van der Waals surface area contributed by atoms with Crippen molar-refractivity contribution in [3.63, 3.8) is 0 Å². The number of benzene rings is 1. The van der Waals surface area contributed by atoms with Gasteiger partial charge in [-0.25, -0.2) is 0 Å². The van der Waals surface area contributed by atoms with E-state index in [2.05, 4.69) is 61.7 Å². The fourth-order valence-corrected chi connectivity index (χ4v) is 5.89. The van der Waals surface area contributed by atoms with E-state index in [-0.39, 0.29) is 5.91 Å². The van der Waals surface area contributed by atoms with Crippen LogP contribution >= 0.6 is 23.1 Å². The second-order valence-corrected chi connectivity index (χ2v) is 10.5. The van der Waals surface area contributed by atoms with Crippen molar-refractivity contribution in [3.05, 3.63) is 58.5 Å². The van der Waals surface area contributed by atoms with Gasteiger partial charge in [0.25, 0.3) is 0 Å². The van der Waals surface area contributed by atoms with Gasteiger partial charge in [-0.15, -0.1) is 21.5 Å². The Kier molecular flexibility index (Phi) is 8.83. The molecule has 0 saturated heterocycles. The van der Waals surface area contributed by atoms with Crippen molar-refractivity contribution >= 4 is 34.7 Å². The van der Waals surface area contributed by atoms with Gasteiger partial charge in [0.15, 0.2) is 5.16 Å². The molecule has 1 amide bonds. The van der Waals surface area contributed by atoms with Gasteiger partial charge >= 0.3 is 0 Å². The minimum Gasteiger partial charge on any atom is -0.375 e. The van der Waals surface area contributed by atoms with E-state index < -0.39 is 0 Å². The summed E-state index contributed by atoms with van der Waals surface area (Å²) in [6, 6.07) is 15.0. The molecule has 0 atom stereocenters. The number of carbonyl (C=O) groups is 1. The predicted molar refractivity (Wildman–Crippen MR) is 137 cm³/mol.